The van der Waals surface area contributed by atoms with Crippen molar-refractivity contribution in [1.82, 2.24) is 0 Å². The first-order chi connectivity index (χ1) is 9.13. The molecule has 0 heterocycles. The van der Waals surface area contributed by atoms with E-state index in [1.165, 1.54) is 0 Å². The maximum Gasteiger partial charge on any atom is 0.198 e. The van der Waals surface area contributed by atoms with E-state index in [0.717, 1.165) is 0 Å². The van der Waals surface area contributed by atoms with Crippen LogP contribution in [0, 0.1) is 0 Å². The molecule has 0 aliphatic carbocycles. The van der Waals surface area contributed by atoms with E-state index in [2.05, 4.69) is 0 Å². The number of para-hydroxylation sites is 1. The standard InChI is InChI=1S/C15H14ClNO2/c1-2-19-14-6-4-3-5-12(14)15(18)11-8-7-10(17)9-13(11)16/h3-9H,2,17H2,1H3. The van der Waals surface area contributed by atoms with E-state index in [1.54, 1.807) is 36.4 Å². The molecule has 2 rings (SSSR count). The van der Waals surface area contributed by atoms with Crippen molar-refractivity contribution in [3.63, 3.8) is 0 Å². The van der Waals surface area contributed by atoms with Crippen molar-refractivity contribution in [3.05, 3.63) is 58.6 Å². The monoisotopic (exact) mass is 275 g/mol. The van der Waals surface area contributed by atoms with Crippen LogP contribution in [0.25, 0.3) is 0 Å². The summed E-state index contributed by atoms with van der Waals surface area (Å²) in [6, 6.07) is 12.0. The highest BCUT2D eigenvalue weighted by Gasteiger charge is 2.16. The predicted octanol–water partition coefficient (Wildman–Crippen LogP) is 3.55. The zero-order valence-electron chi connectivity index (χ0n) is 10.5. The number of ketones is 1. The lowest BCUT2D eigenvalue weighted by Gasteiger charge is -2.10. The molecule has 2 aromatic carbocycles. The molecule has 0 fully saturated rings. The fourth-order valence-electron chi connectivity index (χ4n) is 1.80. The lowest BCUT2D eigenvalue weighted by atomic mass is 10.0. The Labute approximate surface area is 117 Å². The Bertz CT molecular complexity index is 611. The summed E-state index contributed by atoms with van der Waals surface area (Å²) < 4.78 is 5.45. The topological polar surface area (TPSA) is 52.3 Å². The van der Waals surface area contributed by atoms with Gasteiger partial charge in [0, 0.05) is 11.3 Å². The Morgan fingerprint density at radius 3 is 2.63 bits per heavy atom. The highest BCUT2D eigenvalue weighted by Crippen LogP contribution is 2.26. The number of carbonyl (C=O) groups excluding carboxylic acids is 1. The van der Waals surface area contributed by atoms with E-state index in [-0.39, 0.29) is 5.78 Å². The van der Waals surface area contributed by atoms with E-state index in [4.69, 9.17) is 22.1 Å². The summed E-state index contributed by atoms with van der Waals surface area (Å²) in [7, 11) is 0. The van der Waals surface area contributed by atoms with Crippen LogP contribution in [0.3, 0.4) is 0 Å². The van der Waals surface area contributed by atoms with Gasteiger partial charge in [0.15, 0.2) is 5.78 Å². The van der Waals surface area contributed by atoms with Gasteiger partial charge in [-0.05, 0) is 37.3 Å². The third-order valence-electron chi connectivity index (χ3n) is 2.67. The Hall–Kier alpha value is -2.00. The quantitative estimate of drug-likeness (QED) is 0.686. The lowest BCUT2D eigenvalue weighted by Crippen LogP contribution is -2.06. The zero-order valence-corrected chi connectivity index (χ0v) is 11.3. The second kappa shape index (κ2) is 5.76. The molecular formula is C15H14ClNO2. The molecule has 0 radical (unpaired) electrons. The van der Waals surface area contributed by atoms with Crippen molar-refractivity contribution >= 4 is 23.1 Å². The Kier molecular flexibility index (Phi) is 4.07. The van der Waals surface area contributed by atoms with Crippen LogP contribution in [-0.2, 0) is 0 Å². The third-order valence-corrected chi connectivity index (χ3v) is 2.98. The Morgan fingerprint density at radius 1 is 1.21 bits per heavy atom. The number of nitrogens with two attached hydrogens (primary N) is 1. The largest absolute Gasteiger partial charge is 0.493 e. The van der Waals surface area contributed by atoms with Gasteiger partial charge in [-0.1, -0.05) is 23.7 Å². The summed E-state index contributed by atoms with van der Waals surface area (Å²) in [5, 5.41) is 0.344. The van der Waals surface area contributed by atoms with E-state index >= 15 is 0 Å². The molecule has 0 atom stereocenters. The van der Waals surface area contributed by atoms with E-state index in [9.17, 15) is 4.79 Å². The highest BCUT2D eigenvalue weighted by atomic mass is 35.5. The van der Waals surface area contributed by atoms with Gasteiger partial charge in [0.1, 0.15) is 5.75 Å². The number of carbonyl (C=O) groups is 1. The van der Waals surface area contributed by atoms with Crippen LogP contribution in [0.5, 0.6) is 5.75 Å². The maximum atomic E-state index is 12.5. The predicted molar refractivity (Wildman–Crippen MR) is 76.9 cm³/mol. The Balaban J connectivity index is 2.44. The summed E-state index contributed by atoms with van der Waals surface area (Å²) in [6.07, 6.45) is 0. The maximum absolute atomic E-state index is 12.5. The first kappa shape index (κ1) is 13.4. The molecular weight excluding hydrogens is 262 g/mol. The molecule has 0 aliphatic rings. The van der Waals surface area contributed by atoms with Gasteiger partial charge in [-0.2, -0.15) is 0 Å². The first-order valence-corrected chi connectivity index (χ1v) is 6.33. The van der Waals surface area contributed by atoms with Crippen molar-refractivity contribution in [2.45, 2.75) is 6.92 Å². The average Bonchev–Trinajstić information content (AvgIpc) is 2.39. The van der Waals surface area contributed by atoms with Crippen LogP contribution in [0.15, 0.2) is 42.5 Å². The number of halogens is 1. The Morgan fingerprint density at radius 2 is 1.95 bits per heavy atom. The molecule has 4 heteroatoms. The molecule has 3 nitrogen and oxygen atoms in total. The van der Waals surface area contributed by atoms with Gasteiger partial charge in [0.05, 0.1) is 17.2 Å². The molecule has 0 bridgehead atoms. The summed E-state index contributed by atoms with van der Waals surface area (Å²) in [4.78, 5) is 12.5. The van der Waals surface area contributed by atoms with Crippen LogP contribution in [0.1, 0.15) is 22.8 Å². The number of hydrogen-bond donors (Lipinski definition) is 1. The van der Waals surface area contributed by atoms with Crippen LogP contribution >= 0.6 is 11.6 Å². The van der Waals surface area contributed by atoms with E-state index in [0.29, 0.717) is 34.2 Å². The molecule has 0 amide bonds. The smallest absolute Gasteiger partial charge is 0.198 e. The molecule has 0 spiro atoms. The third kappa shape index (κ3) is 2.88. The van der Waals surface area contributed by atoms with Crippen LogP contribution in [0.2, 0.25) is 5.02 Å². The average molecular weight is 276 g/mol. The summed E-state index contributed by atoms with van der Waals surface area (Å²) in [6.45, 7) is 2.37. The molecule has 0 saturated heterocycles. The minimum absolute atomic E-state index is 0.172. The van der Waals surface area contributed by atoms with Crippen LogP contribution in [-0.4, -0.2) is 12.4 Å². The molecule has 0 aliphatic heterocycles. The molecule has 2 aromatic rings. The van der Waals surface area contributed by atoms with Gasteiger partial charge in [-0.25, -0.2) is 0 Å². The number of hydrogen-bond acceptors (Lipinski definition) is 3. The number of anilines is 1. The minimum atomic E-state index is -0.172. The molecule has 0 saturated carbocycles. The molecule has 2 N–H and O–H groups in total. The van der Waals surface area contributed by atoms with Crippen LogP contribution in [0.4, 0.5) is 5.69 Å². The van der Waals surface area contributed by atoms with Gasteiger partial charge in [-0.15, -0.1) is 0 Å². The SMILES string of the molecule is CCOc1ccccc1C(=O)c1ccc(N)cc1Cl. The molecule has 0 aromatic heterocycles. The molecule has 98 valence electrons. The van der Waals surface area contributed by atoms with E-state index in [1.807, 2.05) is 13.0 Å². The van der Waals surface area contributed by atoms with Gasteiger partial charge < -0.3 is 10.5 Å². The van der Waals surface area contributed by atoms with E-state index < -0.39 is 0 Å². The fourth-order valence-corrected chi connectivity index (χ4v) is 2.07. The van der Waals surface area contributed by atoms with Gasteiger partial charge in [-0.3, -0.25) is 4.79 Å². The van der Waals surface area contributed by atoms with Crippen molar-refractivity contribution in [3.8, 4) is 5.75 Å². The van der Waals surface area contributed by atoms with Crippen molar-refractivity contribution < 1.29 is 9.53 Å². The second-order valence-electron chi connectivity index (χ2n) is 4.00. The van der Waals surface area contributed by atoms with Crippen molar-refractivity contribution in [1.29, 1.82) is 0 Å². The molecule has 0 unspecified atom stereocenters. The van der Waals surface area contributed by atoms with Gasteiger partial charge in [0.25, 0.3) is 0 Å². The summed E-state index contributed by atoms with van der Waals surface area (Å²) in [5.41, 5.74) is 7.07. The number of benzene rings is 2. The normalized spacial score (nSPS) is 10.2. The zero-order chi connectivity index (χ0) is 13.8. The number of rotatable bonds is 4. The summed E-state index contributed by atoms with van der Waals surface area (Å²) in [5.74, 6) is 0.386. The molecule has 19 heavy (non-hydrogen) atoms. The van der Waals surface area contributed by atoms with Crippen molar-refractivity contribution in [2.75, 3.05) is 12.3 Å². The van der Waals surface area contributed by atoms with Gasteiger partial charge >= 0.3 is 0 Å². The number of ether oxygens (including phenoxy) is 1. The second-order valence-corrected chi connectivity index (χ2v) is 4.40. The minimum Gasteiger partial charge on any atom is -0.493 e. The lowest BCUT2D eigenvalue weighted by molar-refractivity contribution is 0.103. The highest BCUT2D eigenvalue weighted by molar-refractivity contribution is 6.35. The fraction of sp³-hybridized carbons (Fsp3) is 0.133. The summed E-state index contributed by atoms with van der Waals surface area (Å²) >= 11 is 6.06. The first-order valence-electron chi connectivity index (χ1n) is 5.95. The van der Waals surface area contributed by atoms with Gasteiger partial charge in [0.2, 0.25) is 0 Å². The van der Waals surface area contributed by atoms with Crippen LogP contribution < -0.4 is 10.5 Å². The van der Waals surface area contributed by atoms with Crippen molar-refractivity contribution in [2.24, 2.45) is 0 Å². The number of nitrogen functional groups attached to an aromatic ring is 1.